The van der Waals surface area contributed by atoms with Crippen LogP contribution in [0.5, 0.6) is 0 Å². The molecule has 1 amide bonds. The van der Waals surface area contributed by atoms with Crippen LogP contribution in [0.25, 0.3) is 5.57 Å². The highest BCUT2D eigenvalue weighted by Gasteiger charge is 2.10. The number of carbonyl (C=O) groups excluding carboxylic acids is 1. The van der Waals surface area contributed by atoms with Crippen LogP contribution in [0, 0.1) is 0 Å². The van der Waals surface area contributed by atoms with Crippen LogP contribution in [-0.2, 0) is 11.3 Å². The van der Waals surface area contributed by atoms with Crippen molar-refractivity contribution in [2.45, 2.75) is 6.54 Å². The third-order valence-electron chi connectivity index (χ3n) is 2.08. The molecule has 0 aliphatic heterocycles. The molecule has 0 aliphatic carbocycles. The molecule has 1 rings (SSSR count). The van der Waals surface area contributed by atoms with Gasteiger partial charge in [-0.3, -0.25) is 4.79 Å². The van der Waals surface area contributed by atoms with Crippen molar-refractivity contribution < 1.29 is 4.79 Å². The second kappa shape index (κ2) is 5.12. The lowest BCUT2D eigenvalue weighted by Gasteiger charge is -2.08. The minimum Gasteiger partial charge on any atom is -0.366 e. The van der Waals surface area contributed by atoms with Gasteiger partial charge in [0.1, 0.15) is 0 Å². The quantitative estimate of drug-likeness (QED) is 0.569. The fraction of sp³-hybridized carbons (Fsp3) is 0.0833. The number of benzene rings is 1. The Kier molecular flexibility index (Phi) is 3.83. The van der Waals surface area contributed by atoms with Crippen molar-refractivity contribution in [3.8, 4) is 0 Å². The molecule has 0 aliphatic rings. The molecule has 0 atom stereocenters. The van der Waals surface area contributed by atoms with Crippen molar-refractivity contribution in [3.63, 3.8) is 0 Å². The maximum absolute atomic E-state index is 11.2. The third-order valence-corrected chi connectivity index (χ3v) is 2.08. The lowest BCUT2D eigenvalue weighted by atomic mass is 9.99. The number of rotatable bonds is 4. The first-order valence-electron chi connectivity index (χ1n) is 4.61. The van der Waals surface area contributed by atoms with Crippen LogP contribution in [0.3, 0.4) is 0 Å². The van der Waals surface area contributed by atoms with Crippen LogP contribution in [-0.4, -0.2) is 5.91 Å². The van der Waals surface area contributed by atoms with Gasteiger partial charge in [0.25, 0.3) is 0 Å². The van der Waals surface area contributed by atoms with E-state index >= 15 is 0 Å². The van der Waals surface area contributed by atoms with Crippen molar-refractivity contribution in [1.29, 1.82) is 0 Å². The van der Waals surface area contributed by atoms with E-state index in [2.05, 4.69) is 6.58 Å². The molecule has 0 fully saturated rings. The van der Waals surface area contributed by atoms with Crippen LogP contribution in [0.2, 0.25) is 0 Å². The van der Waals surface area contributed by atoms with Gasteiger partial charge < -0.3 is 11.5 Å². The summed E-state index contributed by atoms with van der Waals surface area (Å²) in [4.78, 5) is 11.2. The number of hydrogen-bond donors (Lipinski definition) is 2. The molecular weight excluding hydrogens is 188 g/mol. The normalized spacial score (nSPS) is 11.1. The largest absolute Gasteiger partial charge is 0.366 e. The molecule has 3 nitrogen and oxygen atoms in total. The maximum atomic E-state index is 11.2. The second-order valence-corrected chi connectivity index (χ2v) is 3.04. The molecule has 1 aromatic carbocycles. The number of allylic oxidation sites excluding steroid dienone is 2. The number of primary amides is 1. The molecule has 0 radical (unpaired) electrons. The van der Waals surface area contributed by atoms with E-state index in [1.165, 1.54) is 6.08 Å². The summed E-state index contributed by atoms with van der Waals surface area (Å²) in [7, 11) is 0. The molecule has 0 unspecified atom stereocenters. The fourth-order valence-corrected chi connectivity index (χ4v) is 1.38. The summed E-state index contributed by atoms with van der Waals surface area (Å²) >= 11 is 0. The SMILES string of the molecule is C=CC=C(C(N)=O)c1ccccc1CN. The Morgan fingerprint density at radius 1 is 1.40 bits per heavy atom. The fourth-order valence-electron chi connectivity index (χ4n) is 1.38. The number of amides is 1. The van der Waals surface area contributed by atoms with Gasteiger partial charge in [0, 0.05) is 12.1 Å². The second-order valence-electron chi connectivity index (χ2n) is 3.04. The Labute approximate surface area is 89.1 Å². The third kappa shape index (κ3) is 2.54. The first kappa shape index (κ1) is 11.2. The van der Waals surface area contributed by atoms with Gasteiger partial charge in [0.15, 0.2) is 0 Å². The first-order chi connectivity index (χ1) is 7.20. The smallest absolute Gasteiger partial charge is 0.249 e. The molecule has 1 aromatic rings. The van der Waals surface area contributed by atoms with Gasteiger partial charge in [0.2, 0.25) is 5.91 Å². The van der Waals surface area contributed by atoms with Crippen LogP contribution in [0.15, 0.2) is 43.0 Å². The first-order valence-corrected chi connectivity index (χ1v) is 4.61. The van der Waals surface area contributed by atoms with E-state index in [-0.39, 0.29) is 0 Å². The summed E-state index contributed by atoms with van der Waals surface area (Å²) in [6.07, 6.45) is 3.13. The maximum Gasteiger partial charge on any atom is 0.249 e. The minimum absolute atomic E-state index is 0.373. The van der Waals surface area contributed by atoms with Crippen molar-refractivity contribution in [2.24, 2.45) is 11.5 Å². The predicted octanol–water partition coefficient (Wildman–Crippen LogP) is 1.20. The van der Waals surface area contributed by atoms with Crippen LogP contribution >= 0.6 is 0 Å². The van der Waals surface area contributed by atoms with Gasteiger partial charge in [-0.25, -0.2) is 0 Å². The highest BCUT2D eigenvalue weighted by molar-refractivity contribution is 6.19. The Balaban J connectivity index is 3.28. The van der Waals surface area contributed by atoms with E-state index in [0.717, 1.165) is 11.1 Å². The van der Waals surface area contributed by atoms with Gasteiger partial charge in [-0.2, -0.15) is 0 Å². The molecular formula is C12H14N2O. The summed E-state index contributed by atoms with van der Waals surface area (Å²) in [5, 5.41) is 0. The molecule has 0 heterocycles. The zero-order valence-electron chi connectivity index (χ0n) is 8.44. The van der Waals surface area contributed by atoms with Crippen molar-refractivity contribution in [3.05, 3.63) is 54.1 Å². The molecule has 0 saturated carbocycles. The summed E-state index contributed by atoms with van der Waals surface area (Å²) in [6, 6.07) is 7.41. The van der Waals surface area contributed by atoms with E-state index in [4.69, 9.17) is 11.5 Å². The summed E-state index contributed by atoms with van der Waals surface area (Å²) in [5.74, 6) is -0.476. The average Bonchev–Trinajstić information content (AvgIpc) is 2.25. The Morgan fingerprint density at radius 2 is 2.07 bits per heavy atom. The minimum atomic E-state index is -0.476. The molecule has 0 bridgehead atoms. The van der Waals surface area contributed by atoms with Crippen molar-refractivity contribution in [1.82, 2.24) is 0 Å². The zero-order chi connectivity index (χ0) is 11.3. The van der Waals surface area contributed by atoms with Gasteiger partial charge in [-0.15, -0.1) is 0 Å². The highest BCUT2D eigenvalue weighted by atomic mass is 16.1. The van der Waals surface area contributed by atoms with E-state index in [9.17, 15) is 4.79 Å². The Bertz CT molecular complexity index is 408. The number of carbonyl (C=O) groups is 1. The summed E-state index contributed by atoms with van der Waals surface area (Å²) in [6.45, 7) is 3.92. The molecule has 15 heavy (non-hydrogen) atoms. The lowest BCUT2D eigenvalue weighted by molar-refractivity contribution is -0.112. The average molecular weight is 202 g/mol. The predicted molar refractivity (Wildman–Crippen MR) is 61.7 cm³/mol. The van der Waals surface area contributed by atoms with Gasteiger partial charge in [-0.05, 0) is 17.2 Å². The molecule has 78 valence electrons. The van der Waals surface area contributed by atoms with E-state index in [1.54, 1.807) is 6.08 Å². The highest BCUT2D eigenvalue weighted by Crippen LogP contribution is 2.18. The molecule has 3 heteroatoms. The van der Waals surface area contributed by atoms with Gasteiger partial charge in [0.05, 0.1) is 0 Å². The zero-order valence-corrected chi connectivity index (χ0v) is 8.44. The molecule has 0 spiro atoms. The standard InChI is InChI=1S/C12H14N2O/c1-2-5-11(12(14)15)10-7-4-3-6-9(10)8-13/h2-7H,1,8,13H2,(H2,14,15). The Hall–Kier alpha value is -1.87. The van der Waals surface area contributed by atoms with Gasteiger partial charge in [-0.1, -0.05) is 36.9 Å². The summed E-state index contributed by atoms with van der Waals surface area (Å²) in [5.41, 5.74) is 13.0. The van der Waals surface area contributed by atoms with E-state index in [1.807, 2.05) is 24.3 Å². The van der Waals surface area contributed by atoms with E-state index in [0.29, 0.717) is 12.1 Å². The lowest BCUT2D eigenvalue weighted by Crippen LogP contribution is -2.14. The Morgan fingerprint density at radius 3 is 2.60 bits per heavy atom. The monoisotopic (exact) mass is 202 g/mol. The van der Waals surface area contributed by atoms with Crippen LogP contribution in [0.1, 0.15) is 11.1 Å². The van der Waals surface area contributed by atoms with Crippen LogP contribution in [0.4, 0.5) is 0 Å². The molecule has 4 N–H and O–H groups in total. The summed E-state index contributed by atoms with van der Waals surface area (Å²) < 4.78 is 0. The van der Waals surface area contributed by atoms with Crippen molar-refractivity contribution in [2.75, 3.05) is 0 Å². The van der Waals surface area contributed by atoms with Gasteiger partial charge >= 0.3 is 0 Å². The van der Waals surface area contributed by atoms with E-state index < -0.39 is 5.91 Å². The molecule has 0 saturated heterocycles. The number of nitrogens with two attached hydrogens (primary N) is 2. The van der Waals surface area contributed by atoms with Crippen LogP contribution < -0.4 is 11.5 Å². The topological polar surface area (TPSA) is 69.1 Å². The number of hydrogen-bond acceptors (Lipinski definition) is 2. The van der Waals surface area contributed by atoms with Crippen molar-refractivity contribution >= 4 is 11.5 Å². The molecule has 0 aromatic heterocycles.